The van der Waals surface area contributed by atoms with Crippen LogP contribution in [0.4, 0.5) is 0 Å². The van der Waals surface area contributed by atoms with E-state index in [0.717, 1.165) is 25.9 Å². The summed E-state index contributed by atoms with van der Waals surface area (Å²) in [5.74, 6) is -1.04. The molecule has 112 valence electrons. The highest BCUT2D eigenvalue weighted by Crippen LogP contribution is 2.02. The van der Waals surface area contributed by atoms with Crippen molar-refractivity contribution in [3.8, 4) is 0 Å². The predicted molar refractivity (Wildman–Crippen MR) is 80.1 cm³/mol. The van der Waals surface area contributed by atoms with E-state index in [-0.39, 0.29) is 0 Å². The summed E-state index contributed by atoms with van der Waals surface area (Å²) in [6, 6.07) is 5.84. The first-order valence-corrected chi connectivity index (χ1v) is 6.62. The summed E-state index contributed by atoms with van der Waals surface area (Å²) in [4.78, 5) is 21.2. The van der Waals surface area contributed by atoms with Gasteiger partial charge in [0.25, 0.3) is 0 Å². The Morgan fingerprint density at radius 2 is 1.00 bits per heavy atom. The van der Waals surface area contributed by atoms with E-state index in [4.69, 9.17) is 22.9 Å². The number of amides is 2. The fraction of sp³-hybridized carbons (Fsp3) is 0.429. The molecule has 0 heterocycles. The lowest BCUT2D eigenvalue weighted by Gasteiger charge is -1.96. The molecule has 6 heteroatoms. The fourth-order valence-electron chi connectivity index (χ4n) is 1.44. The Morgan fingerprint density at radius 3 is 1.20 bits per heavy atom. The van der Waals surface area contributed by atoms with Crippen molar-refractivity contribution in [3.05, 3.63) is 35.4 Å². The number of primary amides is 2. The van der Waals surface area contributed by atoms with Crippen LogP contribution in [0.15, 0.2) is 24.3 Å². The van der Waals surface area contributed by atoms with E-state index in [9.17, 15) is 9.59 Å². The van der Waals surface area contributed by atoms with Gasteiger partial charge in [-0.3, -0.25) is 9.59 Å². The maximum absolute atomic E-state index is 10.6. The molecule has 0 atom stereocenters. The largest absolute Gasteiger partial charge is 0.366 e. The minimum absolute atomic E-state index is 0.361. The Bertz CT molecular complexity index is 365. The highest BCUT2D eigenvalue weighted by atomic mass is 16.1. The van der Waals surface area contributed by atoms with Crippen molar-refractivity contribution in [1.29, 1.82) is 0 Å². The molecule has 0 aliphatic heterocycles. The third-order valence-corrected chi connectivity index (χ3v) is 2.61. The first kappa shape index (κ1) is 18.1. The van der Waals surface area contributed by atoms with Crippen LogP contribution in [0, 0.1) is 0 Å². The van der Waals surface area contributed by atoms with Gasteiger partial charge in [-0.2, -0.15) is 0 Å². The van der Waals surface area contributed by atoms with Gasteiger partial charge in [-0.05, 0) is 50.2 Å². The van der Waals surface area contributed by atoms with Crippen LogP contribution in [0.2, 0.25) is 0 Å². The normalized spacial score (nSPS) is 9.50. The van der Waals surface area contributed by atoms with E-state index in [0.29, 0.717) is 11.1 Å². The van der Waals surface area contributed by atoms with Crippen LogP contribution in [0.25, 0.3) is 0 Å². The third kappa shape index (κ3) is 8.23. The zero-order valence-corrected chi connectivity index (χ0v) is 11.7. The van der Waals surface area contributed by atoms with Crippen LogP contribution in [-0.4, -0.2) is 24.9 Å². The number of benzene rings is 1. The number of unbranched alkanes of at least 4 members (excludes halogenated alkanes) is 3. The maximum atomic E-state index is 10.6. The van der Waals surface area contributed by atoms with Crippen LogP contribution in [0.1, 0.15) is 46.4 Å². The van der Waals surface area contributed by atoms with Gasteiger partial charge in [0.15, 0.2) is 0 Å². The number of hydrogen-bond donors (Lipinski definition) is 4. The fourth-order valence-corrected chi connectivity index (χ4v) is 1.44. The molecule has 0 radical (unpaired) electrons. The molecule has 0 fully saturated rings. The van der Waals surface area contributed by atoms with Gasteiger partial charge in [0, 0.05) is 11.1 Å². The Morgan fingerprint density at radius 1 is 0.700 bits per heavy atom. The molecule has 0 aromatic heterocycles. The zero-order valence-electron chi connectivity index (χ0n) is 11.7. The molecule has 8 N–H and O–H groups in total. The van der Waals surface area contributed by atoms with Crippen LogP contribution in [0.3, 0.4) is 0 Å². The first-order valence-electron chi connectivity index (χ1n) is 6.62. The molecule has 1 rings (SSSR count). The average molecular weight is 280 g/mol. The smallest absolute Gasteiger partial charge is 0.248 e. The number of rotatable bonds is 7. The molecule has 0 saturated carbocycles. The lowest BCUT2D eigenvalue weighted by molar-refractivity contribution is 0.0988. The van der Waals surface area contributed by atoms with E-state index < -0.39 is 11.8 Å². The van der Waals surface area contributed by atoms with Crippen molar-refractivity contribution in [2.45, 2.75) is 25.7 Å². The molecule has 0 unspecified atom stereocenters. The van der Waals surface area contributed by atoms with E-state index in [1.807, 2.05) is 0 Å². The second-order valence-corrected chi connectivity index (χ2v) is 4.30. The average Bonchev–Trinajstić information content (AvgIpc) is 2.44. The monoisotopic (exact) mass is 280 g/mol. The Balaban J connectivity index is 0.000000396. The van der Waals surface area contributed by atoms with Crippen molar-refractivity contribution < 1.29 is 9.59 Å². The SMILES string of the molecule is NC(=O)c1ccc(C(N)=O)cc1.NCCCCCCN. The van der Waals surface area contributed by atoms with Gasteiger partial charge in [0.2, 0.25) is 11.8 Å². The summed E-state index contributed by atoms with van der Waals surface area (Å²) < 4.78 is 0. The van der Waals surface area contributed by atoms with Crippen molar-refractivity contribution >= 4 is 11.8 Å². The van der Waals surface area contributed by atoms with Gasteiger partial charge in [0.05, 0.1) is 0 Å². The zero-order chi connectivity index (χ0) is 15.4. The molecule has 0 aliphatic rings. The molecule has 1 aromatic rings. The standard InChI is InChI=1S/C8H8N2O2.C6H16N2/c9-7(11)5-1-2-6(4-3-5)8(10)12;7-5-3-1-2-4-6-8/h1-4H,(H2,9,11)(H2,10,12);1-8H2. The number of hydrogen-bond acceptors (Lipinski definition) is 4. The third-order valence-electron chi connectivity index (χ3n) is 2.61. The minimum Gasteiger partial charge on any atom is -0.366 e. The number of carbonyl (C=O) groups excluding carboxylic acids is 2. The van der Waals surface area contributed by atoms with Crippen LogP contribution in [-0.2, 0) is 0 Å². The van der Waals surface area contributed by atoms with E-state index in [1.165, 1.54) is 37.1 Å². The van der Waals surface area contributed by atoms with Crippen molar-refractivity contribution in [2.24, 2.45) is 22.9 Å². The molecular formula is C14H24N4O2. The summed E-state index contributed by atoms with van der Waals surface area (Å²) in [5, 5.41) is 0. The first-order chi connectivity index (χ1) is 9.52. The van der Waals surface area contributed by atoms with Crippen LogP contribution < -0.4 is 22.9 Å². The second-order valence-electron chi connectivity index (χ2n) is 4.30. The van der Waals surface area contributed by atoms with Crippen molar-refractivity contribution in [1.82, 2.24) is 0 Å². The van der Waals surface area contributed by atoms with Crippen molar-refractivity contribution in [2.75, 3.05) is 13.1 Å². The van der Waals surface area contributed by atoms with Gasteiger partial charge in [0.1, 0.15) is 0 Å². The molecule has 0 bridgehead atoms. The Hall–Kier alpha value is -1.92. The highest BCUT2D eigenvalue weighted by Gasteiger charge is 2.02. The number of nitrogens with two attached hydrogens (primary N) is 4. The molecule has 0 spiro atoms. The quantitative estimate of drug-likeness (QED) is 0.535. The van der Waals surface area contributed by atoms with E-state index in [1.54, 1.807) is 0 Å². The van der Waals surface area contributed by atoms with Gasteiger partial charge in [-0.25, -0.2) is 0 Å². The summed E-state index contributed by atoms with van der Waals surface area (Å²) in [6.07, 6.45) is 4.79. The molecule has 1 aromatic carbocycles. The Kier molecular flexibility index (Phi) is 9.90. The lowest BCUT2D eigenvalue weighted by Crippen LogP contribution is -2.13. The van der Waals surface area contributed by atoms with Gasteiger partial charge < -0.3 is 22.9 Å². The van der Waals surface area contributed by atoms with Gasteiger partial charge >= 0.3 is 0 Å². The summed E-state index contributed by atoms with van der Waals surface area (Å²) >= 11 is 0. The lowest BCUT2D eigenvalue weighted by atomic mass is 10.1. The summed E-state index contributed by atoms with van der Waals surface area (Å²) in [6.45, 7) is 1.65. The minimum atomic E-state index is -0.522. The molecule has 6 nitrogen and oxygen atoms in total. The summed E-state index contributed by atoms with van der Waals surface area (Å²) in [7, 11) is 0. The highest BCUT2D eigenvalue weighted by molar-refractivity contribution is 5.96. The van der Waals surface area contributed by atoms with Gasteiger partial charge in [-0.15, -0.1) is 0 Å². The van der Waals surface area contributed by atoms with Crippen LogP contribution >= 0.6 is 0 Å². The van der Waals surface area contributed by atoms with Gasteiger partial charge in [-0.1, -0.05) is 12.8 Å². The van der Waals surface area contributed by atoms with Crippen molar-refractivity contribution in [3.63, 3.8) is 0 Å². The summed E-state index contributed by atoms with van der Waals surface area (Å²) in [5.41, 5.74) is 21.3. The topological polar surface area (TPSA) is 138 Å². The molecule has 20 heavy (non-hydrogen) atoms. The van der Waals surface area contributed by atoms with Crippen LogP contribution in [0.5, 0.6) is 0 Å². The molecular weight excluding hydrogens is 256 g/mol. The molecule has 0 aliphatic carbocycles. The maximum Gasteiger partial charge on any atom is 0.248 e. The second kappa shape index (κ2) is 11.0. The van der Waals surface area contributed by atoms with E-state index in [2.05, 4.69) is 0 Å². The molecule has 2 amide bonds. The number of carbonyl (C=O) groups is 2. The molecule has 0 saturated heterocycles. The van der Waals surface area contributed by atoms with E-state index >= 15 is 0 Å². The predicted octanol–water partition coefficient (Wildman–Crippen LogP) is 0.349. The Labute approximate surface area is 119 Å².